The van der Waals surface area contributed by atoms with E-state index in [2.05, 4.69) is 0 Å². The number of carbonyl (C=O) groups is 3. The van der Waals surface area contributed by atoms with Crippen LogP contribution in [0.5, 0.6) is 0 Å². The Morgan fingerprint density at radius 1 is 1.06 bits per heavy atom. The van der Waals surface area contributed by atoms with E-state index < -0.39 is 29.6 Å². The van der Waals surface area contributed by atoms with Crippen LogP contribution in [0.3, 0.4) is 0 Å². The van der Waals surface area contributed by atoms with E-state index in [1.807, 2.05) is 0 Å². The molecule has 0 amide bonds. The molecule has 17 heavy (non-hydrogen) atoms. The molecule has 0 spiro atoms. The van der Waals surface area contributed by atoms with Gasteiger partial charge in [-0.15, -0.1) is 0 Å². The maximum atomic E-state index is 11.8. The maximum Gasteiger partial charge on any atom is 0.321 e. The zero-order chi connectivity index (χ0) is 12.6. The van der Waals surface area contributed by atoms with Crippen molar-refractivity contribution in [3.8, 4) is 0 Å². The van der Waals surface area contributed by atoms with Crippen molar-refractivity contribution in [3.05, 3.63) is 35.4 Å². The summed E-state index contributed by atoms with van der Waals surface area (Å²) in [4.78, 5) is 34.1. The first kappa shape index (κ1) is 11.3. The second-order valence-corrected chi connectivity index (χ2v) is 4.13. The molecular formula is C12H10O5. The van der Waals surface area contributed by atoms with Crippen LogP contribution in [0.4, 0.5) is 0 Å². The van der Waals surface area contributed by atoms with E-state index >= 15 is 0 Å². The molecule has 2 N–H and O–H groups in total. The highest BCUT2D eigenvalue weighted by Gasteiger charge is 2.51. The van der Waals surface area contributed by atoms with Crippen LogP contribution in [0.2, 0.25) is 0 Å². The van der Waals surface area contributed by atoms with Gasteiger partial charge in [0.05, 0.1) is 0 Å². The van der Waals surface area contributed by atoms with Gasteiger partial charge in [0, 0.05) is 18.4 Å². The quantitative estimate of drug-likeness (QED) is 0.744. The number of ketones is 1. The highest BCUT2D eigenvalue weighted by molar-refractivity contribution is 6.09. The number of aliphatic carboxylic acids is 2. The van der Waals surface area contributed by atoms with Crippen molar-refractivity contribution in [1.29, 1.82) is 0 Å². The van der Waals surface area contributed by atoms with Gasteiger partial charge in [0.2, 0.25) is 0 Å². The number of rotatable bonds is 2. The molecule has 1 aliphatic carbocycles. The van der Waals surface area contributed by atoms with Gasteiger partial charge in [-0.2, -0.15) is 0 Å². The fourth-order valence-corrected chi connectivity index (χ4v) is 2.10. The number of carboxylic acids is 2. The standard InChI is InChI=1S/C12H10O5/c13-9-6-12(10(14)15,11(16)17)5-7-3-1-2-4-8(7)9/h1-4H,5-6H2,(H,14,15)(H,16,17). The molecule has 0 radical (unpaired) electrons. The minimum absolute atomic E-state index is 0.153. The second-order valence-electron chi connectivity index (χ2n) is 4.13. The SMILES string of the molecule is O=C1CC(C(=O)O)(C(=O)O)Cc2ccccc21. The molecule has 88 valence electrons. The van der Waals surface area contributed by atoms with Crippen molar-refractivity contribution in [3.63, 3.8) is 0 Å². The van der Waals surface area contributed by atoms with Crippen LogP contribution in [0.1, 0.15) is 22.3 Å². The maximum absolute atomic E-state index is 11.8. The molecule has 0 unspecified atom stereocenters. The predicted octanol–water partition coefficient (Wildman–Crippen LogP) is 0.971. The molecule has 1 aliphatic rings. The number of hydrogen-bond donors (Lipinski definition) is 2. The van der Waals surface area contributed by atoms with Crippen LogP contribution < -0.4 is 0 Å². The third-order valence-corrected chi connectivity index (χ3v) is 3.09. The molecule has 5 nitrogen and oxygen atoms in total. The number of carbonyl (C=O) groups excluding carboxylic acids is 1. The monoisotopic (exact) mass is 234 g/mol. The summed E-state index contributed by atoms with van der Waals surface area (Å²) >= 11 is 0. The third-order valence-electron chi connectivity index (χ3n) is 3.09. The first-order chi connectivity index (χ1) is 7.97. The van der Waals surface area contributed by atoms with Crippen LogP contribution in [0.25, 0.3) is 0 Å². The Kier molecular flexibility index (Phi) is 2.46. The average molecular weight is 234 g/mol. The topological polar surface area (TPSA) is 91.7 Å². The summed E-state index contributed by atoms with van der Waals surface area (Å²) in [6.07, 6.45) is -0.645. The summed E-state index contributed by atoms with van der Waals surface area (Å²) in [5.74, 6) is -3.36. The van der Waals surface area contributed by atoms with Gasteiger partial charge in [-0.05, 0) is 5.56 Å². The van der Waals surface area contributed by atoms with E-state index in [1.54, 1.807) is 24.3 Å². The Labute approximate surface area is 96.7 Å². The van der Waals surface area contributed by atoms with E-state index in [1.165, 1.54) is 0 Å². The van der Waals surface area contributed by atoms with Crippen LogP contribution in [-0.2, 0) is 16.0 Å². The third kappa shape index (κ3) is 1.60. The van der Waals surface area contributed by atoms with E-state index in [-0.39, 0.29) is 6.42 Å². The Morgan fingerprint density at radius 3 is 2.24 bits per heavy atom. The van der Waals surface area contributed by atoms with Crippen LogP contribution >= 0.6 is 0 Å². The molecule has 0 aliphatic heterocycles. The lowest BCUT2D eigenvalue weighted by Crippen LogP contribution is -2.45. The van der Waals surface area contributed by atoms with E-state index in [9.17, 15) is 14.4 Å². The Balaban J connectivity index is 2.55. The molecule has 0 fully saturated rings. The average Bonchev–Trinajstić information content (AvgIpc) is 2.28. The Morgan fingerprint density at radius 2 is 1.65 bits per heavy atom. The minimum atomic E-state index is -2.02. The number of benzene rings is 1. The van der Waals surface area contributed by atoms with Crippen LogP contribution in [0.15, 0.2) is 24.3 Å². The molecule has 2 rings (SSSR count). The normalized spacial score (nSPS) is 17.3. The van der Waals surface area contributed by atoms with Crippen molar-refractivity contribution >= 4 is 17.7 Å². The lowest BCUT2D eigenvalue weighted by Gasteiger charge is -2.29. The molecule has 1 aromatic rings. The fraction of sp³-hybridized carbons (Fsp3) is 0.250. The molecule has 5 heteroatoms. The van der Waals surface area contributed by atoms with E-state index in [4.69, 9.17) is 10.2 Å². The molecule has 0 aromatic heterocycles. The van der Waals surface area contributed by atoms with Crippen LogP contribution in [0, 0.1) is 5.41 Å². The van der Waals surface area contributed by atoms with Gasteiger partial charge in [0.25, 0.3) is 0 Å². The zero-order valence-electron chi connectivity index (χ0n) is 8.84. The molecule has 0 saturated heterocycles. The van der Waals surface area contributed by atoms with Gasteiger partial charge in [-0.3, -0.25) is 14.4 Å². The molecule has 1 aromatic carbocycles. The highest BCUT2D eigenvalue weighted by atomic mass is 16.4. The summed E-state index contributed by atoms with van der Waals surface area (Å²) in [5, 5.41) is 18.1. The fourth-order valence-electron chi connectivity index (χ4n) is 2.10. The largest absolute Gasteiger partial charge is 0.480 e. The van der Waals surface area contributed by atoms with Crippen molar-refractivity contribution < 1.29 is 24.6 Å². The Hall–Kier alpha value is -2.17. The molecular weight excluding hydrogens is 224 g/mol. The predicted molar refractivity (Wildman–Crippen MR) is 56.8 cm³/mol. The molecule has 0 bridgehead atoms. The molecule has 0 heterocycles. The Bertz CT molecular complexity index is 503. The van der Waals surface area contributed by atoms with Crippen molar-refractivity contribution in [2.24, 2.45) is 5.41 Å². The van der Waals surface area contributed by atoms with Gasteiger partial charge in [0.1, 0.15) is 0 Å². The van der Waals surface area contributed by atoms with Crippen molar-refractivity contribution in [1.82, 2.24) is 0 Å². The van der Waals surface area contributed by atoms with Gasteiger partial charge >= 0.3 is 11.9 Å². The van der Waals surface area contributed by atoms with Gasteiger partial charge < -0.3 is 10.2 Å². The van der Waals surface area contributed by atoms with E-state index in [0.29, 0.717) is 11.1 Å². The molecule has 0 atom stereocenters. The summed E-state index contributed by atoms with van der Waals surface area (Å²) in [6.45, 7) is 0. The van der Waals surface area contributed by atoms with Gasteiger partial charge in [0.15, 0.2) is 11.2 Å². The zero-order valence-corrected chi connectivity index (χ0v) is 8.84. The number of Topliss-reactive ketones (excluding diaryl/α,β-unsaturated/α-hetero) is 1. The smallest absolute Gasteiger partial charge is 0.321 e. The van der Waals surface area contributed by atoms with Gasteiger partial charge in [-0.25, -0.2) is 0 Å². The number of carboxylic acid groups (broad SMARTS) is 2. The summed E-state index contributed by atoms with van der Waals surface area (Å²) in [6, 6.07) is 6.51. The second kappa shape index (κ2) is 3.69. The molecule has 0 saturated carbocycles. The van der Waals surface area contributed by atoms with E-state index in [0.717, 1.165) is 0 Å². The first-order valence-corrected chi connectivity index (χ1v) is 5.05. The lowest BCUT2D eigenvalue weighted by molar-refractivity contribution is -0.164. The lowest BCUT2D eigenvalue weighted by atomic mass is 9.71. The minimum Gasteiger partial charge on any atom is -0.480 e. The van der Waals surface area contributed by atoms with Crippen molar-refractivity contribution in [2.75, 3.05) is 0 Å². The first-order valence-electron chi connectivity index (χ1n) is 5.05. The van der Waals surface area contributed by atoms with Gasteiger partial charge in [-0.1, -0.05) is 24.3 Å². The summed E-state index contributed by atoms with van der Waals surface area (Å²) in [7, 11) is 0. The number of fused-ring (bicyclic) bond motifs is 1. The number of hydrogen-bond acceptors (Lipinski definition) is 3. The summed E-state index contributed by atoms with van der Waals surface area (Å²) < 4.78 is 0. The van der Waals surface area contributed by atoms with Crippen molar-refractivity contribution in [2.45, 2.75) is 12.8 Å². The summed E-state index contributed by atoms with van der Waals surface area (Å²) in [5.41, 5.74) is -1.12. The van der Waals surface area contributed by atoms with Crippen LogP contribution in [-0.4, -0.2) is 27.9 Å². The highest BCUT2D eigenvalue weighted by Crippen LogP contribution is 2.36.